The van der Waals surface area contributed by atoms with Gasteiger partial charge in [0.05, 0.1) is 11.8 Å². The van der Waals surface area contributed by atoms with Gasteiger partial charge in [0.15, 0.2) is 0 Å². The molecule has 0 bridgehead atoms. The average molecular weight is 149 g/mol. The van der Waals surface area contributed by atoms with Gasteiger partial charge < -0.3 is 5.73 Å². The lowest BCUT2D eigenvalue weighted by molar-refractivity contribution is 0.870. The Balaban J connectivity index is 2.33. The minimum absolute atomic E-state index is 0.708. The molecule has 0 radical (unpaired) electrons. The van der Waals surface area contributed by atoms with Crippen LogP contribution in [0.1, 0.15) is 18.4 Å². The molecule has 0 saturated carbocycles. The average Bonchev–Trinajstić information content (AvgIpc) is 2.50. The summed E-state index contributed by atoms with van der Waals surface area (Å²) >= 11 is 0. The fourth-order valence-electron chi connectivity index (χ4n) is 0.674. The Morgan fingerprint density at radius 1 is 1.64 bits per heavy atom. The molecule has 1 heterocycles. The smallest absolute Gasteiger partial charge is 0.0644 e. The minimum atomic E-state index is 0.708. The standard InChI is InChI=1S/C8H11N3/c9-5-3-1-2-4-8-6-10-11-7-8/h6-7H,1,3,5,9H2,(H,10,11). The van der Waals surface area contributed by atoms with Crippen molar-refractivity contribution < 1.29 is 0 Å². The first-order valence-electron chi connectivity index (χ1n) is 3.61. The highest BCUT2D eigenvalue weighted by Gasteiger charge is 1.83. The fourth-order valence-corrected chi connectivity index (χ4v) is 0.674. The van der Waals surface area contributed by atoms with Crippen molar-refractivity contribution in [1.82, 2.24) is 10.2 Å². The highest BCUT2D eigenvalue weighted by molar-refractivity contribution is 5.28. The van der Waals surface area contributed by atoms with Crippen LogP contribution in [0.2, 0.25) is 0 Å². The number of hydrogen-bond acceptors (Lipinski definition) is 2. The number of hydrogen-bond donors (Lipinski definition) is 2. The molecule has 0 saturated heterocycles. The number of aromatic nitrogens is 2. The van der Waals surface area contributed by atoms with E-state index < -0.39 is 0 Å². The van der Waals surface area contributed by atoms with Crippen molar-refractivity contribution in [2.75, 3.05) is 6.54 Å². The number of nitrogens with two attached hydrogens (primary N) is 1. The van der Waals surface area contributed by atoms with Gasteiger partial charge in [-0.2, -0.15) is 5.10 Å². The van der Waals surface area contributed by atoms with Gasteiger partial charge in [0.1, 0.15) is 0 Å². The molecule has 3 N–H and O–H groups in total. The Kier molecular flexibility index (Phi) is 3.23. The van der Waals surface area contributed by atoms with Crippen molar-refractivity contribution in [3.05, 3.63) is 18.0 Å². The molecule has 0 aliphatic carbocycles. The van der Waals surface area contributed by atoms with Gasteiger partial charge in [0, 0.05) is 12.6 Å². The highest BCUT2D eigenvalue weighted by Crippen LogP contribution is 1.89. The maximum absolute atomic E-state index is 5.30. The van der Waals surface area contributed by atoms with Crippen LogP contribution in [-0.2, 0) is 0 Å². The van der Waals surface area contributed by atoms with Gasteiger partial charge in [0.25, 0.3) is 0 Å². The lowest BCUT2D eigenvalue weighted by Gasteiger charge is -1.83. The molecule has 0 spiro atoms. The van der Waals surface area contributed by atoms with Crippen molar-refractivity contribution in [2.24, 2.45) is 5.73 Å². The molecule has 0 aliphatic heterocycles. The molecule has 0 unspecified atom stereocenters. The van der Waals surface area contributed by atoms with Crippen LogP contribution in [0, 0.1) is 11.8 Å². The zero-order chi connectivity index (χ0) is 7.94. The molecule has 1 rings (SSSR count). The largest absolute Gasteiger partial charge is 0.330 e. The van der Waals surface area contributed by atoms with E-state index in [1.54, 1.807) is 12.4 Å². The summed E-state index contributed by atoms with van der Waals surface area (Å²) in [5.74, 6) is 5.96. The van der Waals surface area contributed by atoms with E-state index in [0.29, 0.717) is 6.54 Å². The number of aromatic amines is 1. The molecule has 58 valence electrons. The Morgan fingerprint density at radius 2 is 2.55 bits per heavy atom. The summed E-state index contributed by atoms with van der Waals surface area (Å²) in [6.45, 7) is 0.708. The summed E-state index contributed by atoms with van der Waals surface area (Å²) in [4.78, 5) is 0. The van der Waals surface area contributed by atoms with Crippen LogP contribution >= 0.6 is 0 Å². The van der Waals surface area contributed by atoms with E-state index in [4.69, 9.17) is 5.73 Å². The third-order valence-corrected chi connectivity index (χ3v) is 1.24. The van der Waals surface area contributed by atoms with Crippen molar-refractivity contribution in [1.29, 1.82) is 0 Å². The monoisotopic (exact) mass is 149 g/mol. The fraction of sp³-hybridized carbons (Fsp3) is 0.375. The van der Waals surface area contributed by atoms with E-state index in [-0.39, 0.29) is 0 Å². The lowest BCUT2D eigenvalue weighted by Crippen LogP contribution is -1.96. The summed E-state index contributed by atoms with van der Waals surface area (Å²) in [7, 11) is 0. The van der Waals surface area contributed by atoms with Crippen LogP contribution in [-0.4, -0.2) is 16.7 Å². The summed E-state index contributed by atoms with van der Waals surface area (Å²) in [6.07, 6.45) is 5.30. The molecule has 0 aliphatic rings. The van der Waals surface area contributed by atoms with Crippen molar-refractivity contribution in [2.45, 2.75) is 12.8 Å². The first kappa shape index (κ1) is 7.83. The molecule has 11 heavy (non-hydrogen) atoms. The van der Waals surface area contributed by atoms with E-state index in [1.165, 1.54) is 0 Å². The maximum atomic E-state index is 5.30. The van der Waals surface area contributed by atoms with Gasteiger partial charge in [0.2, 0.25) is 0 Å². The second kappa shape index (κ2) is 4.53. The normalized spacial score (nSPS) is 8.82. The Morgan fingerprint density at radius 3 is 3.18 bits per heavy atom. The molecule has 1 aromatic heterocycles. The molecule has 0 amide bonds. The summed E-state index contributed by atoms with van der Waals surface area (Å²) in [5, 5.41) is 6.46. The van der Waals surface area contributed by atoms with Crippen LogP contribution in [0.5, 0.6) is 0 Å². The number of unbranched alkanes of at least 4 members (excludes halogenated alkanes) is 1. The first-order chi connectivity index (χ1) is 5.43. The third kappa shape index (κ3) is 2.87. The van der Waals surface area contributed by atoms with Crippen LogP contribution < -0.4 is 5.73 Å². The summed E-state index contributed by atoms with van der Waals surface area (Å²) in [6, 6.07) is 0. The highest BCUT2D eigenvalue weighted by atomic mass is 15.1. The van der Waals surface area contributed by atoms with Crippen LogP contribution in [0.15, 0.2) is 12.4 Å². The molecule has 0 fully saturated rings. The topological polar surface area (TPSA) is 54.7 Å². The van der Waals surface area contributed by atoms with Crippen LogP contribution in [0.4, 0.5) is 0 Å². The second-order valence-corrected chi connectivity index (χ2v) is 2.18. The van der Waals surface area contributed by atoms with Crippen LogP contribution in [0.3, 0.4) is 0 Å². The van der Waals surface area contributed by atoms with E-state index in [1.807, 2.05) is 0 Å². The predicted molar refractivity (Wildman–Crippen MR) is 43.8 cm³/mol. The SMILES string of the molecule is NCCCC#Cc1cn[nH]c1. The quantitative estimate of drug-likeness (QED) is 0.475. The third-order valence-electron chi connectivity index (χ3n) is 1.24. The molecule has 3 nitrogen and oxygen atoms in total. The van der Waals surface area contributed by atoms with Crippen molar-refractivity contribution in [3.63, 3.8) is 0 Å². The van der Waals surface area contributed by atoms with E-state index in [0.717, 1.165) is 18.4 Å². The Labute approximate surface area is 66.0 Å². The number of nitrogens with zero attached hydrogens (tertiary/aromatic N) is 1. The summed E-state index contributed by atoms with van der Waals surface area (Å²) in [5.41, 5.74) is 6.23. The van der Waals surface area contributed by atoms with Gasteiger partial charge in [-0.15, -0.1) is 0 Å². The van der Waals surface area contributed by atoms with Crippen molar-refractivity contribution in [3.8, 4) is 11.8 Å². The van der Waals surface area contributed by atoms with Gasteiger partial charge in [-0.05, 0) is 13.0 Å². The predicted octanol–water partition coefficient (Wildman–Crippen LogP) is 0.500. The summed E-state index contributed by atoms with van der Waals surface area (Å²) < 4.78 is 0. The molecule has 1 aromatic rings. The van der Waals surface area contributed by atoms with Gasteiger partial charge in [-0.1, -0.05) is 11.8 Å². The molecule has 0 aromatic carbocycles. The molecule has 0 atom stereocenters. The van der Waals surface area contributed by atoms with Crippen LogP contribution in [0.25, 0.3) is 0 Å². The molecular weight excluding hydrogens is 138 g/mol. The minimum Gasteiger partial charge on any atom is -0.330 e. The zero-order valence-corrected chi connectivity index (χ0v) is 6.30. The van der Waals surface area contributed by atoms with E-state index in [9.17, 15) is 0 Å². The second-order valence-electron chi connectivity index (χ2n) is 2.18. The molecule has 3 heteroatoms. The zero-order valence-electron chi connectivity index (χ0n) is 6.30. The number of rotatable bonds is 2. The first-order valence-corrected chi connectivity index (χ1v) is 3.61. The van der Waals surface area contributed by atoms with Gasteiger partial charge in [-0.25, -0.2) is 0 Å². The lowest BCUT2D eigenvalue weighted by atomic mass is 10.3. The van der Waals surface area contributed by atoms with Gasteiger partial charge >= 0.3 is 0 Å². The van der Waals surface area contributed by atoms with Crippen molar-refractivity contribution >= 4 is 0 Å². The maximum Gasteiger partial charge on any atom is 0.0644 e. The van der Waals surface area contributed by atoms with Gasteiger partial charge in [-0.3, -0.25) is 5.10 Å². The van der Waals surface area contributed by atoms with E-state index >= 15 is 0 Å². The number of H-pyrrole nitrogens is 1. The number of nitrogens with one attached hydrogen (secondary N) is 1. The molecular formula is C8H11N3. The Bertz CT molecular complexity index is 240. The Hall–Kier alpha value is -1.27. The van der Waals surface area contributed by atoms with E-state index in [2.05, 4.69) is 22.0 Å².